The second-order valence-corrected chi connectivity index (χ2v) is 4.80. The number of hydrogen-bond acceptors (Lipinski definition) is 3. The normalized spacial score (nSPS) is 20.7. The number of carbonyl (C=O) groups excluding carboxylic acids is 1. The highest BCUT2D eigenvalue weighted by molar-refractivity contribution is 5.94. The van der Waals surface area contributed by atoms with Gasteiger partial charge in [0.2, 0.25) is 5.91 Å². The number of ether oxygens (including phenoxy) is 1. The van der Waals surface area contributed by atoms with E-state index in [0.717, 1.165) is 18.7 Å². The molecule has 1 heterocycles. The molecule has 0 radical (unpaired) electrons. The Morgan fingerprint density at radius 2 is 2.11 bits per heavy atom. The average molecular weight is 248 g/mol. The van der Waals surface area contributed by atoms with Crippen molar-refractivity contribution >= 4 is 11.6 Å². The van der Waals surface area contributed by atoms with Crippen molar-refractivity contribution in [2.45, 2.75) is 32.4 Å². The van der Waals surface area contributed by atoms with Gasteiger partial charge >= 0.3 is 0 Å². The zero-order valence-electron chi connectivity index (χ0n) is 10.9. The molecule has 1 aliphatic rings. The largest absolute Gasteiger partial charge is 0.380 e. The monoisotopic (exact) mass is 248 g/mol. The molecule has 2 rings (SSSR count). The van der Waals surface area contributed by atoms with Gasteiger partial charge in [0.1, 0.15) is 0 Å². The highest BCUT2D eigenvalue weighted by Crippen LogP contribution is 2.10. The molecule has 2 atom stereocenters. The average Bonchev–Trinajstić information content (AvgIpc) is 2.85. The van der Waals surface area contributed by atoms with Crippen molar-refractivity contribution < 1.29 is 9.53 Å². The lowest BCUT2D eigenvalue weighted by molar-refractivity contribution is -0.117. The van der Waals surface area contributed by atoms with Gasteiger partial charge in [-0.3, -0.25) is 4.79 Å². The first-order valence-corrected chi connectivity index (χ1v) is 6.36. The molecule has 4 nitrogen and oxygen atoms in total. The van der Waals surface area contributed by atoms with Crippen LogP contribution in [0.4, 0.5) is 5.69 Å². The summed E-state index contributed by atoms with van der Waals surface area (Å²) in [5, 5.41) is 6.17. The highest BCUT2D eigenvalue weighted by atomic mass is 16.5. The van der Waals surface area contributed by atoms with Crippen molar-refractivity contribution in [1.29, 1.82) is 0 Å². The maximum atomic E-state index is 12.0. The number of nitrogens with one attached hydrogen (secondary N) is 2. The van der Waals surface area contributed by atoms with Crippen LogP contribution in [0.25, 0.3) is 0 Å². The van der Waals surface area contributed by atoms with Gasteiger partial charge in [0.25, 0.3) is 0 Å². The predicted molar refractivity (Wildman–Crippen MR) is 71.6 cm³/mol. The van der Waals surface area contributed by atoms with E-state index >= 15 is 0 Å². The summed E-state index contributed by atoms with van der Waals surface area (Å²) < 4.78 is 5.27. The van der Waals surface area contributed by atoms with Crippen LogP contribution in [-0.4, -0.2) is 31.2 Å². The topological polar surface area (TPSA) is 50.4 Å². The smallest absolute Gasteiger partial charge is 0.241 e. The zero-order valence-corrected chi connectivity index (χ0v) is 10.9. The minimum Gasteiger partial charge on any atom is -0.380 e. The molecule has 1 saturated heterocycles. The molecule has 2 N–H and O–H groups in total. The predicted octanol–water partition coefficient (Wildman–Crippen LogP) is 1.70. The van der Waals surface area contributed by atoms with Crippen molar-refractivity contribution in [3.8, 4) is 0 Å². The van der Waals surface area contributed by atoms with Crippen molar-refractivity contribution in [3.63, 3.8) is 0 Å². The molecule has 1 aromatic rings. The summed E-state index contributed by atoms with van der Waals surface area (Å²) in [4.78, 5) is 12.0. The lowest BCUT2D eigenvalue weighted by Gasteiger charge is -2.17. The first kappa shape index (κ1) is 13.1. The summed E-state index contributed by atoms with van der Waals surface area (Å²) in [6, 6.07) is 7.88. The third-order valence-electron chi connectivity index (χ3n) is 3.13. The molecule has 0 saturated carbocycles. The first-order chi connectivity index (χ1) is 8.65. The molecular weight excluding hydrogens is 228 g/mol. The lowest BCUT2D eigenvalue weighted by atomic mass is 10.2. The SMILES string of the molecule is Cc1ccc(NC(=O)C(C)NC2CCOC2)cc1. The van der Waals surface area contributed by atoms with E-state index in [1.807, 2.05) is 38.1 Å². The number of hydrogen-bond donors (Lipinski definition) is 2. The van der Waals surface area contributed by atoms with Crippen LogP contribution in [0.3, 0.4) is 0 Å². The molecule has 0 aromatic heterocycles. The van der Waals surface area contributed by atoms with Crippen LogP contribution in [-0.2, 0) is 9.53 Å². The van der Waals surface area contributed by atoms with Gasteiger partial charge < -0.3 is 15.4 Å². The Balaban J connectivity index is 1.84. The van der Waals surface area contributed by atoms with Gasteiger partial charge in [0.05, 0.1) is 12.6 Å². The quantitative estimate of drug-likeness (QED) is 0.852. The van der Waals surface area contributed by atoms with E-state index < -0.39 is 0 Å². The van der Waals surface area contributed by atoms with Crippen molar-refractivity contribution in [2.24, 2.45) is 0 Å². The molecular formula is C14H20N2O2. The van der Waals surface area contributed by atoms with E-state index in [1.54, 1.807) is 0 Å². The summed E-state index contributed by atoms with van der Waals surface area (Å²) in [7, 11) is 0. The van der Waals surface area contributed by atoms with Crippen LogP contribution in [0.5, 0.6) is 0 Å². The second-order valence-electron chi connectivity index (χ2n) is 4.80. The van der Waals surface area contributed by atoms with E-state index in [0.29, 0.717) is 12.6 Å². The van der Waals surface area contributed by atoms with Crippen molar-refractivity contribution in [1.82, 2.24) is 5.32 Å². The van der Waals surface area contributed by atoms with Gasteiger partial charge in [-0.1, -0.05) is 17.7 Å². The number of aryl methyl sites for hydroxylation is 1. The fourth-order valence-corrected chi connectivity index (χ4v) is 1.98. The van der Waals surface area contributed by atoms with Gasteiger partial charge in [-0.05, 0) is 32.4 Å². The first-order valence-electron chi connectivity index (χ1n) is 6.36. The fourth-order valence-electron chi connectivity index (χ4n) is 1.98. The Labute approximate surface area is 108 Å². The minimum atomic E-state index is -0.210. The number of anilines is 1. The Bertz CT molecular complexity index is 397. The van der Waals surface area contributed by atoms with Crippen LogP contribution < -0.4 is 10.6 Å². The Kier molecular flexibility index (Phi) is 4.33. The molecule has 1 aliphatic heterocycles. The van der Waals surface area contributed by atoms with Crippen LogP contribution in [0, 0.1) is 6.92 Å². The van der Waals surface area contributed by atoms with Gasteiger partial charge in [-0.2, -0.15) is 0 Å². The molecule has 1 aromatic carbocycles. The van der Waals surface area contributed by atoms with E-state index in [9.17, 15) is 4.79 Å². The number of carbonyl (C=O) groups is 1. The minimum absolute atomic E-state index is 0.00856. The molecule has 4 heteroatoms. The summed E-state index contributed by atoms with van der Waals surface area (Å²) >= 11 is 0. The van der Waals surface area contributed by atoms with Crippen LogP contribution >= 0.6 is 0 Å². The summed E-state index contributed by atoms with van der Waals surface area (Å²) in [6.07, 6.45) is 0.974. The third-order valence-corrected chi connectivity index (χ3v) is 3.13. The highest BCUT2D eigenvalue weighted by Gasteiger charge is 2.21. The standard InChI is InChI=1S/C14H20N2O2/c1-10-3-5-12(6-4-10)16-14(17)11(2)15-13-7-8-18-9-13/h3-6,11,13,15H,7-9H2,1-2H3,(H,16,17). The van der Waals surface area contributed by atoms with Crippen molar-refractivity contribution in [3.05, 3.63) is 29.8 Å². The summed E-state index contributed by atoms with van der Waals surface area (Å²) in [6.45, 7) is 5.38. The molecule has 1 fully saturated rings. The van der Waals surface area contributed by atoms with Gasteiger partial charge in [-0.25, -0.2) is 0 Å². The molecule has 18 heavy (non-hydrogen) atoms. The van der Waals surface area contributed by atoms with E-state index in [1.165, 1.54) is 5.56 Å². The molecule has 0 bridgehead atoms. The zero-order chi connectivity index (χ0) is 13.0. The summed E-state index contributed by atoms with van der Waals surface area (Å²) in [5.41, 5.74) is 2.02. The van der Waals surface area contributed by atoms with Gasteiger partial charge in [0.15, 0.2) is 0 Å². The maximum absolute atomic E-state index is 12.0. The van der Waals surface area contributed by atoms with E-state index in [-0.39, 0.29) is 11.9 Å². The van der Waals surface area contributed by atoms with Crippen LogP contribution in [0.15, 0.2) is 24.3 Å². The molecule has 98 valence electrons. The van der Waals surface area contributed by atoms with Crippen LogP contribution in [0.2, 0.25) is 0 Å². The molecule has 0 aliphatic carbocycles. The Hall–Kier alpha value is -1.39. The molecule has 2 unspecified atom stereocenters. The Morgan fingerprint density at radius 1 is 1.39 bits per heavy atom. The number of benzene rings is 1. The van der Waals surface area contributed by atoms with E-state index in [4.69, 9.17) is 4.74 Å². The molecule has 1 amide bonds. The number of rotatable bonds is 4. The van der Waals surface area contributed by atoms with E-state index in [2.05, 4.69) is 10.6 Å². The lowest BCUT2D eigenvalue weighted by Crippen LogP contribution is -2.44. The third kappa shape index (κ3) is 3.55. The molecule has 0 spiro atoms. The van der Waals surface area contributed by atoms with Gasteiger partial charge in [0, 0.05) is 18.3 Å². The van der Waals surface area contributed by atoms with Crippen LogP contribution in [0.1, 0.15) is 18.9 Å². The number of amides is 1. The summed E-state index contributed by atoms with van der Waals surface area (Å²) in [5.74, 6) is -0.00856. The maximum Gasteiger partial charge on any atom is 0.241 e. The Morgan fingerprint density at radius 3 is 2.72 bits per heavy atom. The second kappa shape index (κ2) is 5.98. The fraction of sp³-hybridized carbons (Fsp3) is 0.500. The van der Waals surface area contributed by atoms with Gasteiger partial charge in [-0.15, -0.1) is 0 Å². The van der Waals surface area contributed by atoms with Crippen molar-refractivity contribution in [2.75, 3.05) is 18.5 Å².